The van der Waals surface area contributed by atoms with Crippen LogP contribution in [-0.4, -0.2) is 17.9 Å². The van der Waals surface area contributed by atoms with Gasteiger partial charge in [-0.2, -0.15) is 0 Å². The fourth-order valence-electron chi connectivity index (χ4n) is 3.38. The van der Waals surface area contributed by atoms with Crippen molar-refractivity contribution in [3.63, 3.8) is 0 Å². The number of hydrogen-bond donors (Lipinski definition) is 3. The Hall–Kier alpha value is -2.66. The van der Waals surface area contributed by atoms with E-state index in [-0.39, 0.29) is 23.9 Å². The van der Waals surface area contributed by atoms with E-state index in [0.29, 0.717) is 23.2 Å². The third kappa shape index (κ3) is 6.70. The second-order valence-electron chi connectivity index (χ2n) is 8.33. The zero-order chi connectivity index (χ0) is 22.3. The predicted molar refractivity (Wildman–Crippen MR) is 125 cm³/mol. The maximum Gasteiger partial charge on any atom is 0.241 e. The summed E-state index contributed by atoms with van der Waals surface area (Å²) in [5, 5.41) is 9.13. The molecule has 2 aromatic carbocycles. The molecule has 0 saturated carbocycles. The Kier molecular flexibility index (Phi) is 8.60. The topological polar surface area (TPSA) is 70.2 Å². The van der Waals surface area contributed by atoms with Crippen LogP contribution in [0.5, 0.6) is 0 Å². The summed E-state index contributed by atoms with van der Waals surface area (Å²) in [6.45, 7) is 12.1. The zero-order valence-corrected chi connectivity index (χ0v) is 19.0. The molecule has 0 aliphatic heterocycles. The molecule has 2 aromatic rings. The molecule has 0 radical (unpaired) electrons. The van der Waals surface area contributed by atoms with Gasteiger partial charge in [0, 0.05) is 24.3 Å². The van der Waals surface area contributed by atoms with Crippen LogP contribution in [0.15, 0.2) is 48.5 Å². The van der Waals surface area contributed by atoms with Crippen molar-refractivity contribution in [3.8, 4) is 0 Å². The van der Waals surface area contributed by atoms with Gasteiger partial charge in [0.15, 0.2) is 0 Å². The summed E-state index contributed by atoms with van der Waals surface area (Å²) in [6, 6.07) is 15.6. The minimum absolute atomic E-state index is 0.0823. The largest absolute Gasteiger partial charge is 0.326 e. The Balaban J connectivity index is 2.02. The van der Waals surface area contributed by atoms with Crippen molar-refractivity contribution in [1.29, 1.82) is 0 Å². The highest BCUT2D eigenvalue weighted by Gasteiger charge is 2.22. The number of benzene rings is 2. The molecule has 0 spiro atoms. The number of hydrogen-bond acceptors (Lipinski definition) is 3. The predicted octanol–water partition coefficient (Wildman–Crippen LogP) is 5.47. The van der Waals surface area contributed by atoms with Gasteiger partial charge in [0.2, 0.25) is 11.8 Å². The van der Waals surface area contributed by atoms with Crippen molar-refractivity contribution >= 4 is 23.2 Å². The molecule has 0 aliphatic carbocycles. The standard InChI is InChI=1S/C25H35N3O2/c1-7-17(4)20-8-10-21(11-9-20)24(16(2)3)26-18(5)25(30)28-23-14-12-22(13-15-23)27-19(6)29/h8-18,24,26H,7H2,1-6H3,(H,27,29)(H,28,30)/t17-,18-,24-/m0/s1. The fourth-order valence-corrected chi connectivity index (χ4v) is 3.38. The highest BCUT2D eigenvalue weighted by molar-refractivity contribution is 5.95. The first-order valence-corrected chi connectivity index (χ1v) is 10.8. The van der Waals surface area contributed by atoms with Crippen molar-refractivity contribution in [2.75, 3.05) is 10.6 Å². The summed E-state index contributed by atoms with van der Waals surface area (Å²) in [4.78, 5) is 23.8. The molecule has 0 fully saturated rings. The summed E-state index contributed by atoms with van der Waals surface area (Å²) in [5.74, 6) is 0.670. The Morgan fingerprint density at radius 1 is 0.800 bits per heavy atom. The fraction of sp³-hybridized carbons (Fsp3) is 0.440. The molecule has 0 heterocycles. The molecular formula is C25H35N3O2. The van der Waals surface area contributed by atoms with E-state index in [9.17, 15) is 9.59 Å². The number of rotatable bonds is 9. The van der Waals surface area contributed by atoms with E-state index in [2.05, 4.69) is 67.9 Å². The smallest absolute Gasteiger partial charge is 0.241 e. The first-order chi connectivity index (χ1) is 14.2. The summed E-state index contributed by atoms with van der Waals surface area (Å²) in [7, 11) is 0. The monoisotopic (exact) mass is 409 g/mol. The van der Waals surface area contributed by atoms with Gasteiger partial charge in [-0.1, -0.05) is 52.0 Å². The van der Waals surface area contributed by atoms with Crippen LogP contribution in [0.4, 0.5) is 11.4 Å². The van der Waals surface area contributed by atoms with Gasteiger partial charge in [-0.05, 0) is 60.6 Å². The summed E-state index contributed by atoms with van der Waals surface area (Å²) in [5.41, 5.74) is 3.93. The van der Waals surface area contributed by atoms with Crippen LogP contribution in [0, 0.1) is 5.92 Å². The molecule has 3 N–H and O–H groups in total. The Bertz CT molecular complexity index is 828. The molecule has 30 heavy (non-hydrogen) atoms. The van der Waals surface area contributed by atoms with E-state index in [1.54, 1.807) is 24.3 Å². The molecule has 2 rings (SSSR count). The van der Waals surface area contributed by atoms with E-state index in [0.717, 1.165) is 6.42 Å². The molecule has 0 bridgehead atoms. The molecule has 3 atom stereocenters. The number of nitrogens with one attached hydrogen (secondary N) is 3. The molecule has 0 aliphatic rings. The molecule has 0 saturated heterocycles. The van der Waals surface area contributed by atoms with Gasteiger partial charge in [-0.3, -0.25) is 14.9 Å². The van der Waals surface area contributed by atoms with Gasteiger partial charge in [-0.25, -0.2) is 0 Å². The lowest BCUT2D eigenvalue weighted by molar-refractivity contribution is -0.118. The number of carbonyl (C=O) groups is 2. The number of anilines is 2. The van der Waals surface area contributed by atoms with E-state index in [4.69, 9.17) is 0 Å². The Morgan fingerprint density at radius 2 is 1.30 bits per heavy atom. The molecular weight excluding hydrogens is 374 g/mol. The summed E-state index contributed by atoms with van der Waals surface area (Å²) >= 11 is 0. The van der Waals surface area contributed by atoms with Crippen molar-refractivity contribution in [1.82, 2.24) is 5.32 Å². The molecule has 162 valence electrons. The average Bonchev–Trinajstić information content (AvgIpc) is 2.72. The minimum Gasteiger partial charge on any atom is -0.326 e. The lowest BCUT2D eigenvalue weighted by Gasteiger charge is -2.27. The second kappa shape index (κ2) is 10.9. The summed E-state index contributed by atoms with van der Waals surface area (Å²) in [6.07, 6.45) is 1.12. The van der Waals surface area contributed by atoms with Crippen LogP contribution in [0.25, 0.3) is 0 Å². The highest BCUT2D eigenvalue weighted by atomic mass is 16.2. The van der Waals surface area contributed by atoms with E-state index in [1.807, 2.05) is 6.92 Å². The first-order valence-electron chi connectivity index (χ1n) is 10.8. The molecule has 5 nitrogen and oxygen atoms in total. The molecule has 5 heteroatoms. The second-order valence-corrected chi connectivity index (χ2v) is 8.33. The third-order valence-electron chi connectivity index (χ3n) is 5.44. The summed E-state index contributed by atoms with van der Waals surface area (Å²) < 4.78 is 0. The lowest BCUT2D eigenvalue weighted by atomic mass is 9.91. The van der Waals surface area contributed by atoms with Crippen LogP contribution in [0.1, 0.15) is 71.0 Å². The minimum atomic E-state index is -0.360. The van der Waals surface area contributed by atoms with Crippen molar-refractivity contribution in [2.45, 2.75) is 66.0 Å². The van der Waals surface area contributed by atoms with Gasteiger partial charge < -0.3 is 10.6 Å². The SMILES string of the molecule is CC[C@H](C)c1ccc([C@@H](N[C@@H](C)C(=O)Nc2ccc(NC(C)=O)cc2)C(C)C)cc1. The normalized spacial score (nSPS) is 14.1. The quantitative estimate of drug-likeness (QED) is 0.514. The van der Waals surface area contributed by atoms with Crippen molar-refractivity contribution in [2.24, 2.45) is 5.92 Å². The molecule has 0 aromatic heterocycles. The molecule has 2 amide bonds. The molecule has 0 unspecified atom stereocenters. The van der Waals surface area contributed by atoms with Gasteiger partial charge in [0.1, 0.15) is 0 Å². The van der Waals surface area contributed by atoms with Gasteiger partial charge in [0.05, 0.1) is 6.04 Å². The van der Waals surface area contributed by atoms with Gasteiger partial charge in [-0.15, -0.1) is 0 Å². The average molecular weight is 410 g/mol. The van der Waals surface area contributed by atoms with E-state index in [1.165, 1.54) is 18.1 Å². The van der Waals surface area contributed by atoms with Crippen molar-refractivity contribution < 1.29 is 9.59 Å². The van der Waals surface area contributed by atoms with E-state index < -0.39 is 0 Å². The maximum atomic E-state index is 12.7. The van der Waals surface area contributed by atoms with Crippen LogP contribution >= 0.6 is 0 Å². The number of amides is 2. The first kappa shape index (κ1) is 23.6. The zero-order valence-electron chi connectivity index (χ0n) is 19.0. The van der Waals surface area contributed by atoms with Crippen LogP contribution in [0.3, 0.4) is 0 Å². The number of carbonyl (C=O) groups excluding carboxylic acids is 2. The van der Waals surface area contributed by atoms with Crippen LogP contribution in [0.2, 0.25) is 0 Å². The van der Waals surface area contributed by atoms with Gasteiger partial charge in [0.25, 0.3) is 0 Å². The Morgan fingerprint density at radius 3 is 1.77 bits per heavy atom. The van der Waals surface area contributed by atoms with Gasteiger partial charge >= 0.3 is 0 Å². The highest BCUT2D eigenvalue weighted by Crippen LogP contribution is 2.26. The third-order valence-corrected chi connectivity index (χ3v) is 5.44. The van der Waals surface area contributed by atoms with Crippen molar-refractivity contribution in [3.05, 3.63) is 59.7 Å². The van der Waals surface area contributed by atoms with Crippen LogP contribution in [-0.2, 0) is 9.59 Å². The lowest BCUT2D eigenvalue weighted by Crippen LogP contribution is -2.41. The van der Waals surface area contributed by atoms with Crippen LogP contribution < -0.4 is 16.0 Å². The maximum absolute atomic E-state index is 12.7. The Labute approximate surface area is 180 Å². The van der Waals surface area contributed by atoms with E-state index >= 15 is 0 Å².